The molecule has 0 atom stereocenters. The van der Waals surface area contributed by atoms with Crippen molar-refractivity contribution in [1.82, 2.24) is 5.32 Å². The highest BCUT2D eigenvalue weighted by Crippen LogP contribution is 2.34. The van der Waals surface area contributed by atoms with E-state index in [1.165, 1.54) is 0 Å². The van der Waals surface area contributed by atoms with Gasteiger partial charge in [-0.1, -0.05) is 0 Å². The van der Waals surface area contributed by atoms with E-state index in [9.17, 15) is 9.59 Å². The smallest absolute Gasteiger partial charge is 0.394 e. The number of nitrogens with one attached hydrogen (secondary N) is 1. The number of ether oxygens (including phenoxy) is 2. The van der Waals surface area contributed by atoms with Crippen LogP contribution in [-0.2, 0) is 16.1 Å². The molecule has 0 fully saturated rings. The average molecular weight is 237 g/mol. The second kappa shape index (κ2) is 4.32. The van der Waals surface area contributed by atoms with Crippen LogP contribution in [0.2, 0.25) is 0 Å². The lowest BCUT2D eigenvalue weighted by Crippen LogP contribution is -2.30. The van der Waals surface area contributed by atoms with Crippen molar-refractivity contribution >= 4 is 11.9 Å². The summed E-state index contributed by atoms with van der Waals surface area (Å²) in [7, 11) is 0. The number of carbonyl (C=O) groups excluding carboxylic acids is 1. The van der Waals surface area contributed by atoms with Crippen molar-refractivity contribution in [3.63, 3.8) is 0 Å². The Kier molecular flexibility index (Phi) is 2.86. The summed E-state index contributed by atoms with van der Waals surface area (Å²) in [5.41, 5.74) is 1.70. The van der Waals surface area contributed by atoms with Gasteiger partial charge >= 0.3 is 11.9 Å². The molecule has 6 nitrogen and oxygen atoms in total. The van der Waals surface area contributed by atoms with E-state index in [-0.39, 0.29) is 13.3 Å². The molecule has 1 aromatic carbocycles. The van der Waals surface area contributed by atoms with Crippen LogP contribution in [0.3, 0.4) is 0 Å². The number of carbonyl (C=O) groups is 2. The third-order valence-electron chi connectivity index (χ3n) is 2.46. The fourth-order valence-electron chi connectivity index (χ4n) is 1.53. The first-order valence-electron chi connectivity index (χ1n) is 4.98. The minimum absolute atomic E-state index is 0.146. The normalized spacial score (nSPS) is 12.3. The molecule has 0 aromatic heterocycles. The van der Waals surface area contributed by atoms with Crippen LogP contribution in [0.5, 0.6) is 11.5 Å². The van der Waals surface area contributed by atoms with E-state index in [1.807, 2.05) is 6.92 Å². The van der Waals surface area contributed by atoms with Crippen LogP contribution in [0.1, 0.15) is 11.1 Å². The van der Waals surface area contributed by atoms with Crippen molar-refractivity contribution in [1.29, 1.82) is 0 Å². The summed E-state index contributed by atoms with van der Waals surface area (Å²) in [6, 6.07) is 3.53. The zero-order valence-electron chi connectivity index (χ0n) is 9.15. The summed E-state index contributed by atoms with van der Waals surface area (Å²) in [5.74, 6) is -1.25. The molecule has 2 rings (SSSR count). The van der Waals surface area contributed by atoms with Gasteiger partial charge in [0.2, 0.25) is 6.79 Å². The number of hydrogen-bond donors (Lipinski definition) is 2. The van der Waals surface area contributed by atoms with Crippen molar-refractivity contribution in [2.24, 2.45) is 0 Å². The van der Waals surface area contributed by atoms with E-state index in [0.717, 1.165) is 11.1 Å². The molecule has 1 aliphatic rings. The molecule has 0 radical (unpaired) electrons. The van der Waals surface area contributed by atoms with Crippen LogP contribution in [-0.4, -0.2) is 23.8 Å². The number of hydrogen-bond acceptors (Lipinski definition) is 4. The zero-order valence-corrected chi connectivity index (χ0v) is 9.15. The molecule has 2 N–H and O–H groups in total. The molecule has 0 unspecified atom stereocenters. The van der Waals surface area contributed by atoms with Crippen LogP contribution in [0.15, 0.2) is 12.1 Å². The Labute approximate surface area is 97.1 Å². The highest BCUT2D eigenvalue weighted by Gasteiger charge is 2.16. The van der Waals surface area contributed by atoms with Crippen LogP contribution < -0.4 is 14.8 Å². The fourth-order valence-corrected chi connectivity index (χ4v) is 1.53. The van der Waals surface area contributed by atoms with Gasteiger partial charge in [-0.25, -0.2) is 4.79 Å². The molecular weight excluding hydrogens is 226 g/mol. The summed E-state index contributed by atoms with van der Waals surface area (Å²) in [6.07, 6.45) is 0. The van der Waals surface area contributed by atoms with Gasteiger partial charge in [-0.15, -0.1) is 0 Å². The first-order valence-corrected chi connectivity index (χ1v) is 4.98. The summed E-state index contributed by atoms with van der Waals surface area (Å²) < 4.78 is 10.4. The first kappa shape index (κ1) is 11.3. The number of fused-ring (bicyclic) bond motifs is 1. The van der Waals surface area contributed by atoms with Crippen molar-refractivity contribution in [2.45, 2.75) is 13.5 Å². The molecule has 1 aliphatic heterocycles. The van der Waals surface area contributed by atoms with Gasteiger partial charge in [0.15, 0.2) is 11.5 Å². The van der Waals surface area contributed by atoms with E-state index in [2.05, 4.69) is 5.32 Å². The number of rotatable bonds is 2. The van der Waals surface area contributed by atoms with Crippen molar-refractivity contribution in [3.05, 3.63) is 23.3 Å². The Balaban J connectivity index is 2.11. The first-order chi connectivity index (χ1) is 8.08. The highest BCUT2D eigenvalue weighted by molar-refractivity contribution is 6.31. The average Bonchev–Trinajstić information content (AvgIpc) is 2.72. The second-order valence-electron chi connectivity index (χ2n) is 3.62. The molecule has 0 aliphatic carbocycles. The van der Waals surface area contributed by atoms with E-state index in [0.29, 0.717) is 11.5 Å². The number of aryl methyl sites for hydroxylation is 1. The zero-order chi connectivity index (χ0) is 12.4. The fraction of sp³-hybridized carbons (Fsp3) is 0.273. The molecule has 0 saturated carbocycles. The van der Waals surface area contributed by atoms with Gasteiger partial charge < -0.3 is 19.9 Å². The predicted molar refractivity (Wildman–Crippen MR) is 56.8 cm³/mol. The minimum atomic E-state index is -1.50. The summed E-state index contributed by atoms with van der Waals surface area (Å²) in [4.78, 5) is 21.2. The van der Waals surface area contributed by atoms with Gasteiger partial charge in [-0.05, 0) is 30.2 Å². The van der Waals surface area contributed by atoms with Gasteiger partial charge in [0.05, 0.1) is 0 Å². The van der Waals surface area contributed by atoms with E-state index in [1.54, 1.807) is 12.1 Å². The Morgan fingerprint density at radius 3 is 2.65 bits per heavy atom. The van der Waals surface area contributed by atoms with Crippen LogP contribution in [0.4, 0.5) is 0 Å². The predicted octanol–water partition coefficient (Wildman–Crippen LogP) is 0.425. The molecule has 0 bridgehead atoms. The Hall–Kier alpha value is -2.24. The molecule has 1 amide bonds. The molecule has 1 heterocycles. The molecule has 17 heavy (non-hydrogen) atoms. The van der Waals surface area contributed by atoms with Crippen LogP contribution >= 0.6 is 0 Å². The number of carboxylic acid groups (broad SMARTS) is 1. The summed E-state index contributed by atoms with van der Waals surface area (Å²) in [5, 5.41) is 10.7. The van der Waals surface area contributed by atoms with Gasteiger partial charge in [-0.3, -0.25) is 4.79 Å². The maximum atomic E-state index is 10.9. The monoisotopic (exact) mass is 237 g/mol. The van der Waals surface area contributed by atoms with Crippen molar-refractivity contribution < 1.29 is 24.2 Å². The lowest BCUT2D eigenvalue weighted by Gasteiger charge is -2.07. The lowest BCUT2D eigenvalue weighted by molar-refractivity contribution is -0.150. The summed E-state index contributed by atoms with van der Waals surface area (Å²) in [6.45, 7) is 2.18. The number of carboxylic acids is 1. The quantitative estimate of drug-likeness (QED) is 0.728. The number of aliphatic carboxylic acids is 1. The van der Waals surface area contributed by atoms with Crippen molar-refractivity contribution in [3.8, 4) is 11.5 Å². The molecule has 1 aromatic rings. The lowest BCUT2D eigenvalue weighted by atomic mass is 10.1. The van der Waals surface area contributed by atoms with E-state index in [4.69, 9.17) is 14.6 Å². The number of benzene rings is 1. The standard InChI is InChI=1S/C11H11NO5/c1-6-2-8-9(17-5-16-8)3-7(6)4-12-10(13)11(14)15/h2-3H,4-5H2,1H3,(H,12,13)(H,14,15). The van der Waals surface area contributed by atoms with Gasteiger partial charge in [-0.2, -0.15) is 0 Å². The van der Waals surface area contributed by atoms with Crippen LogP contribution in [0, 0.1) is 6.92 Å². The number of amides is 1. The Morgan fingerprint density at radius 1 is 1.35 bits per heavy atom. The minimum Gasteiger partial charge on any atom is -0.474 e. The topological polar surface area (TPSA) is 84.9 Å². The maximum absolute atomic E-state index is 10.9. The molecule has 0 spiro atoms. The summed E-state index contributed by atoms with van der Waals surface area (Å²) >= 11 is 0. The largest absolute Gasteiger partial charge is 0.474 e. The Bertz CT molecular complexity index is 483. The third-order valence-corrected chi connectivity index (χ3v) is 2.46. The van der Waals surface area contributed by atoms with E-state index >= 15 is 0 Å². The van der Waals surface area contributed by atoms with Crippen molar-refractivity contribution in [2.75, 3.05) is 6.79 Å². The van der Waals surface area contributed by atoms with Gasteiger partial charge in [0.25, 0.3) is 0 Å². The maximum Gasteiger partial charge on any atom is 0.394 e. The molecule has 90 valence electrons. The van der Waals surface area contributed by atoms with Crippen LogP contribution in [0.25, 0.3) is 0 Å². The SMILES string of the molecule is Cc1cc2c(cc1CNC(=O)C(=O)O)OCO2. The second-order valence-corrected chi connectivity index (χ2v) is 3.62. The third kappa shape index (κ3) is 2.30. The highest BCUT2D eigenvalue weighted by atomic mass is 16.7. The van der Waals surface area contributed by atoms with Gasteiger partial charge in [0.1, 0.15) is 0 Å². The molecular formula is C11H11NO5. The molecule has 6 heteroatoms. The van der Waals surface area contributed by atoms with Gasteiger partial charge in [0, 0.05) is 6.54 Å². The van der Waals surface area contributed by atoms with E-state index < -0.39 is 11.9 Å². The Morgan fingerprint density at radius 2 is 2.00 bits per heavy atom. The molecule has 0 saturated heterocycles.